The lowest BCUT2D eigenvalue weighted by atomic mass is 9.85. The number of benzene rings is 1. The zero-order valence-electron chi connectivity index (χ0n) is 12.0. The molecule has 1 nitrogen and oxygen atoms in total. The first-order valence-corrected chi connectivity index (χ1v) is 7.80. The highest BCUT2D eigenvalue weighted by atomic mass is 79.9. The molecule has 0 fully saturated rings. The molecule has 0 spiro atoms. The molecular formula is C15H22BrClFN. The van der Waals surface area contributed by atoms with E-state index in [2.05, 4.69) is 48.9 Å². The lowest BCUT2D eigenvalue weighted by Crippen LogP contribution is -2.27. The van der Waals surface area contributed by atoms with Crippen LogP contribution in [-0.4, -0.2) is 6.54 Å². The van der Waals surface area contributed by atoms with Crippen molar-refractivity contribution in [3.63, 3.8) is 0 Å². The van der Waals surface area contributed by atoms with Crippen molar-refractivity contribution in [3.05, 3.63) is 33.0 Å². The van der Waals surface area contributed by atoms with Crippen LogP contribution in [0, 0.1) is 11.2 Å². The van der Waals surface area contributed by atoms with Crippen LogP contribution >= 0.6 is 27.5 Å². The molecule has 0 radical (unpaired) electrons. The molecule has 1 aromatic carbocycles. The van der Waals surface area contributed by atoms with Crippen LogP contribution in [0.4, 0.5) is 4.39 Å². The van der Waals surface area contributed by atoms with Gasteiger partial charge in [-0.15, -0.1) is 0 Å². The zero-order chi connectivity index (χ0) is 14.6. The Labute approximate surface area is 129 Å². The molecule has 0 saturated carbocycles. The minimum Gasteiger partial charge on any atom is -0.310 e. The van der Waals surface area contributed by atoms with E-state index < -0.39 is 0 Å². The Hall–Kier alpha value is -0.120. The molecule has 0 aliphatic heterocycles. The number of rotatable bonds is 5. The maximum Gasteiger partial charge on any atom is 0.147 e. The van der Waals surface area contributed by atoms with Gasteiger partial charge in [0.05, 0.1) is 5.02 Å². The quantitative estimate of drug-likeness (QED) is 0.670. The maximum absolute atomic E-state index is 14.3. The van der Waals surface area contributed by atoms with E-state index >= 15 is 0 Å². The Bertz CT molecular complexity index is 429. The van der Waals surface area contributed by atoms with Crippen molar-refractivity contribution in [2.45, 2.75) is 46.6 Å². The summed E-state index contributed by atoms with van der Waals surface area (Å²) in [5.41, 5.74) is 0.772. The maximum atomic E-state index is 14.3. The molecule has 1 atom stereocenters. The largest absolute Gasteiger partial charge is 0.310 e. The highest BCUT2D eigenvalue weighted by Crippen LogP contribution is 2.35. The standard InChI is InChI=1S/C15H22BrClFN/c1-5-8-19-12(9-15(2,3)4)10-6-7-11(16)13(17)14(10)18/h6-7,12,19H,5,8-9H2,1-4H3. The Balaban J connectivity index is 3.06. The van der Waals surface area contributed by atoms with Crippen LogP contribution in [0.25, 0.3) is 0 Å². The van der Waals surface area contributed by atoms with E-state index in [4.69, 9.17) is 11.6 Å². The first-order valence-electron chi connectivity index (χ1n) is 6.63. The van der Waals surface area contributed by atoms with Crippen LogP contribution < -0.4 is 5.32 Å². The first kappa shape index (κ1) is 16.9. The normalized spacial score (nSPS) is 13.6. The van der Waals surface area contributed by atoms with Gasteiger partial charge in [-0.1, -0.05) is 45.4 Å². The zero-order valence-corrected chi connectivity index (χ0v) is 14.3. The molecule has 1 rings (SSSR count). The molecule has 0 bridgehead atoms. The van der Waals surface area contributed by atoms with Crippen molar-refractivity contribution >= 4 is 27.5 Å². The van der Waals surface area contributed by atoms with E-state index in [0.717, 1.165) is 19.4 Å². The first-order chi connectivity index (χ1) is 8.76. The third-order valence-electron chi connectivity index (χ3n) is 2.90. The van der Waals surface area contributed by atoms with Crippen LogP contribution in [0.1, 0.15) is 52.1 Å². The summed E-state index contributed by atoms with van der Waals surface area (Å²) < 4.78 is 14.9. The van der Waals surface area contributed by atoms with Gasteiger partial charge in [0.25, 0.3) is 0 Å². The fourth-order valence-electron chi connectivity index (χ4n) is 2.03. The average Bonchev–Trinajstić information content (AvgIpc) is 2.30. The second kappa shape index (κ2) is 7.05. The molecule has 4 heteroatoms. The highest BCUT2D eigenvalue weighted by Gasteiger charge is 2.23. The van der Waals surface area contributed by atoms with Crippen molar-refractivity contribution in [2.24, 2.45) is 5.41 Å². The van der Waals surface area contributed by atoms with Crippen LogP contribution in [0.5, 0.6) is 0 Å². The molecule has 1 unspecified atom stereocenters. The Morgan fingerprint density at radius 3 is 2.53 bits per heavy atom. The molecule has 0 aliphatic carbocycles. The summed E-state index contributed by atoms with van der Waals surface area (Å²) in [6.45, 7) is 9.45. The van der Waals surface area contributed by atoms with Gasteiger partial charge in [-0.25, -0.2) is 4.39 Å². The van der Waals surface area contributed by atoms with Crippen LogP contribution in [0.2, 0.25) is 5.02 Å². The van der Waals surface area contributed by atoms with Gasteiger partial charge in [-0.2, -0.15) is 0 Å². The minimum atomic E-state index is -0.325. The van der Waals surface area contributed by atoms with Gasteiger partial charge in [-0.3, -0.25) is 0 Å². The highest BCUT2D eigenvalue weighted by molar-refractivity contribution is 9.10. The number of hydrogen-bond acceptors (Lipinski definition) is 1. The molecule has 0 aliphatic rings. The number of nitrogens with one attached hydrogen (secondary N) is 1. The molecule has 1 aromatic rings. The van der Waals surface area contributed by atoms with Gasteiger partial charge in [0.1, 0.15) is 5.82 Å². The van der Waals surface area contributed by atoms with Crippen LogP contribution in [-0.2, 0) is 0 Å². The predicted molar refractivity (Wildman–Crippen MR) is 84.2 cm³/mol. The van der Waals surface area contributed by atoms with Gasteiger partial charge < -0.3 is 5.32 Å². The van der Waals surface area contributed by atoms with E-state index in [1.165, 1.54) is 0 Å². The second-order valence-electron chi connectivity index (χ2n) is 6.04. The molecule has 0 aromatic heterocycles. The van der Waals surface area contributed by atoms with E-state index in [0.29, 0.717) is 10.0 Å². The topological polar surface area (TPSA) is 12.0 Å². The summed E-state index contributed by atoms with van der Waals surface area (Å²) in [6.07, 6.45) is 1.88. The van der Waals surface area contributed by atoms with E-state index in [1.807, 2.05) is 12.1 Å². The molecule has 0 saturated heterocycles. The third kappa shape index (κ3) is 5.05. The summed E-state index contributed by atoms with van der Waals surface area (Å²) in [5.74, 6) is -0.325. The monoisotopic (exact) mass is 349 g/mol. The molecule has 108 valence electrons. The summed E-state index contributed by atoms with van der Waals surface area (Å²) in [5, 5.41) is 3.58. The fraction of sp³-hybridized carbons (Fsp3) is 0.600. The summed E-state index contributed by atoms with van der Waals surface area (Å²) in [6, 6.07) is 3.61. The predicted octanol–water partition coefficient (Wildman–Crippen LogP) is 5.72. The van der Waals surface area contributed by atoms with E-state index in [9.17, 15) is 4.39 Å². The van der Waals surface area contributed by atoms with Crippen LogP contribution in [0.3, 0.4) is 0 Å². The van der Waals surface area contributed by atoms with Gasteiger partial charge >= 0.3 is 0 Å². The fourth-order valence-corrected chi connectivity index (χ4v) is 2.51. The summed E-state index contributed by atoms with van der Waals surface area (Å²) in [7, 11) is 0. The molecule has 0 heterocycles. The van der Waals surface area contributed by atoms with Gasteiger partial charge in [0, 0.05) is 16.1 Å². The smallest absolute Gasteiger partial charge is 0.147 e. The SMILES string of the molecule is CCCNC(CC(C)(C)C)c1ccc(Br)c(Cl)c1F. The van der Waals surface area contributed by atoms with Gasteiger partial charge in [0.2, 0.25) is 0 Å². The summed E-state index contributed by atoms with van der Waals surface area (Å²) >= 11 is 9.23. The van der Waals surface area contributed by atoms with Crippen LogP contribution in [0.15, 0.2) is 16.6 Å². The van der Waals surface area contributed by atoms with Gasteiger partial charge in [-0.05, 0) is 46.8 Å². The Morgan fingerprint density at radius 2 is 2.00 bits per heavy atom. The van der Waals surface area contributed by atoms with Crippen molar-refractivity contribution in [3.8, 4) is 0 Å². The lowest BCUT2D eigenvalue weighted by molar-refractivity contribution is 0.307. The van der Waals surface area contributed by atoms with Crippen molar-refractivity contribution < 1.29 is 4.39 Å². The molecule has 19 heavy (non-hydrogen) atoms. The molecule has 1 N–H and O–H groups in total. The Morgan fingerprint density at radius 1 is 1.37 bits per heavy atom. The third-order valence-corrected chi connectivity index (χ3v) is 4.16. The number of hydrogen-bond donors (Lipinski definition) is 1. The minimum absolute atomic E-state index is 0.00875. The van der Waals surface area contributed by atoms with E-state index in [-0.39, 0.29) is 22.3 Å². The number of halogens is 3. The van der Waals surface area contributed by atoms with Gasteiger partial charge in [0.15, 0.2) is 0 Å². The van der Waals surface area contributed by atoms with Crippen molar-refractivity contribution in [2.75, 3.05) is 6.54 Å². The lowest BCUT2D eigenvalue weighted by Gasteiger charge is -2.28. The second-order valence-corrected chi connectivity index (χ2v) is 7.27. The summed E-state index contributed by atoms with van der Waals surface area (Å²) in [4.78, 5) is 0. The molecule has 0 amide bonds. The average molecular weight is 351 g/mol. The molecular weight excluding hydrogens is 329 g/mol. The Kier molecular flexibility index (Phi) is 6.28. The van der Waals surface area contributed by atoms with Crippen molar-refractivity contribution in [1.29, 1.82) is 0 Å². The van der Waals surface area contributed by atoms with Crippen molar-refractivity contribution in [1.82, 2.24) is 5.32 Å². The van der Waals surface area contributed by atoms with E-state index in [1.54, 1.807) is 0 Å².